The van der Waals surface area contributed by atoms with Gasteiger partial charge >= 0.3 is 0 Å². The zero-order valence-electron chi connectivity index (χ0n) is 25.3. The fourth-order valence-electron chi connectivity index (χ4n) is 7.73. The van der Waals surface area contributed by atoms with Gasteiger partial charge in [-0.2, -0.15) is 0 Å². The van der Waals surface area contributed by atoms with E-state index in [0.717, 1.165) is 12.8 Å². The minimum absolute atomic E-state index is 0.882. The Morgan fingerprint density at radius 2 is 1.09 bits per heavy atom. The molecule has 6 aromatic rings. The second kappa shape index (κ2) is 10.3. The molecule has 0 saturated carbocycles. The molecule has 3 aliphatic carbocycles. The quantitative estimate of drug-likeness (QED) is 0.198. The van der Waals surface area contributed by atoms with E-state index in [9.17, 15) is 0 Å². The van der Waals surface area contributed by atoms with E-state index in [1.54, 1.807) is 0 Å². The molecule has 0 bridgehead atoms. The number of allylic oxidation sites excluding steroid dienone is 5. The second-order valence-electron chi connectivity index (χ2n) is 12.4. The molecule has 0 aromatic heterocycles. The summed E-state index contributed by atoms with van der Waals surface area (Å²) < 4.78 is 0. The molecule has 0 heteroatoms. The van der Waals surface area contributed by atoms with Crippen molar-refractivity contribution in [1.29, 1.82) is 0 Å². The normalized spacial score (nSPS) is 14.5. The fourth-order valence-corrected chi connectivity index (χ4v) is 7.73. The summed E-state index contributed by atoms with van der Waals surface area (Å²) in [6.45, 7) is 2.19. The number of rotatable bonds is 3. The van der Waals surface area contributed by atoms with E-state index in [-0.39, 0.29) is 0 Å². The van der Waals surface area contributed by atoms with Crippen molar-refractivity contribution in [1.82, 2.24) is 0 Å². The molecule has 3 aliphatic rings. The van der Waals surface area contributed by atoms with Crippen LogP contribution < -0.4 is 0 Å². The van der Waals surface area contributed by atoms with Crippen molar-refractivity contribution in [2.45, 2.75) is 19.8 Å². The van der Waals surface area contributed by atoms with Gasteiger partial charge in [0.1, 0.15) is 0 Å². The predicted octanol–water partition coefficient (Wildman–Crippen LogP) is 11.9. The van der Waals surface area contributed by atoms with E-state index in [4.69, 9.17) is 0 Å². The zero-order valence-corrected chi connectivity index (χ0v) is 25.3. The van der Waals surface area contributed by atoms with Crippen LogP contribution in [0.5, 0.6) is 0 Å². The third-order valence-corrected chi connectivity index (χ3v) is 9.77. The van der Waals surface area contributed by atoms with Crippen LogP contribution in [0.3, 0.4) is 0 Å². The Balaban J connectivity index is 1.34. The molecule has 45 heavy (non-hydrogen) atoms. The Morgan fingerprint density at radius 1 is 0.444 bits per heavy atom. The lowest BCUT2D eigenvalue weighted by Gasteiger charge is -2.20. The highest BCUT2D eigenvalue weighted by Gasteiger charge is 2.34. The van der Waals surface area contributed by atoms with E-state index in [1.807, 2.05) is 0 Å². The molecule has 0 fully saturated rings. The SMILES string of the molecule is CC1=CCc2ccc(C3=CCC=C4c5c3cccc5-c3c4c(-c4ccccc4)c4ccccc4c3-c3ccccc3)cc2C=C1. The van der Waals surface area contributed by atoms with Crippen LogP contribution in [0, 0.1) is 0 Å². The lowest BCUT2D eigenvalue weighted by Crippen LogP contribution is -1.95. The molecule has 0 aliphatic heterocycles. The van der Waals surface area contributed by atoms with Crippen molar-refractivity contribution >= 4 is 28.0 Å². The summed E-state index contributed by atoms with van der Waals surface area (Å²) in [6, 6.07) is 45.0. The summed E-state index contributed by atoms with van der Waals surface area (Å²) in [7, 11) is 0. The maximum atomic E-state index is 2.48. The van der Waals surface area contributed by atoms with Crippen LogP contribution in [-0.2, 0) is 6.42 Å². The number of benzene rings is 6. The maximum Gasteiger partial charge on any atom is -0.000753 e. The van der Waals surface area contributed by atoms with Crippen molar-refractivity contribution in [3.63, 3.8) is 0 Å². The van der Waals surface area contributed by atoms with Gasteiger partial charge in [0.25, 0.3) is 0 Å². The lowest BCUT2D eigenvalue weighted by atomic mass is 9.83. The maximum absolute atomic E-state index is 2.48. The van der Waals surface area contributed by atoms with Gasteiger partial charge in [-0.15, -0.1) is 0 Å². The molecule has 0 nitrogen and oxygen atoms in total. The first kappa shape index (κ1) is 26.0. The summed E-state index contributed by atoms with van der Waals surface area (Å²) in [5, 5.41) is 2.60. The molecule has 212 valence electrons. The minimum atomic E-state index is 0.882. The molecule has 0 spiro atoms. The third-order valence-electron chi connectivity index (χ3n) is 9.77. The van der Waals surface area contributed by atoms with Gasteiger partial charge < -0.3 is 0 Å². The van der Waals surface area contributed by atoms with Crippen molar-refractivity contribution < 1.29 is 0 Å². The number of hydrogen-bond acceptors (Lipinski definition) is 0. The monoisotopic (exact) mass is 572 g/mol. The topological polar surface area (TPSA) is 0 Å². The Labute approximate surface area is 265 Å². The third kappa shape index (κ3) is 4.06. The van der Waals surface area contributed by atoms with Crippen LogP contribution >= 0.6 is 0 Å². The van der Waals surface area contributed by atoms with Gasteiger partial charge in [0, 0.05) is 0 Å². The van der Waals surface area contributed by atoms with E-state index < -0.39 is 0 Å². The summed E-state index contributed by atoms with van der Waals surface area (Å²) in [5.74, 6) is 0. The van der Waals surface area contributed by atoms with Crippen molar-refractivity contribution in [3.05, 3.63) is 185 Å². The van der Waals surface area contributed by atoms with Crippen molar-refractivity contribution in [3.8, 4) is 33.4 Å². The van der Waals surface area contributed by atoms with Crippen LogP contribution in [0.4, 0.5) is 0 Å². The van der Waals surface area contributed by atoms with Gasteiger partial charge in [-0.1, -0.05) is 151 Å². The molecule has 6 aromatic carbocycles. The van der Waals surface area contributed by atoms with Crippen LogP contribution in [-0.4, -0.2) is 0 Å². The van der Waals surface area contributed by atoms with E-state index >= 15 is 0 Å². The molecule has 0 amide bonds. The van der Waals surface area contributed by atoms with Gasteiger partial charge in [-0.3, -0.25) is 0 Å². The van der Waals surface area contributed by atoms with Crippen molar-refractivity contribution in [2.75, 3.05) is 0 Å². The van der Waals surface area contributed by atoms with Gasteiger partial charge in [0.2, 0.25) is 0 Å². The summed E-state index contributed by atoms with van der Waals surface area (Å²) >= 11 is 0. The molecule has 0 radical (unpaired) electrons. The molecule has 0 atom stereocenters. The lowest BCUT2D eigenvalue weighted by molar-refractivity contribution is 1.24. The van der Waals surface area contributed by atoms with Crippen LogP contribution in [0.1, 0.15) is 46.7 Å². The summed E-state index contributed by atoms with van der Waals surface area (Å²) in [6.07, 6.45) is 13.6. The standard InChI is InChI=1S/C45H32/c1-29-22-24-30-26-27-34(28-33(30)25-23-29)35-18-10-20-39-43-36(35)19-11-21-40(43)45-42(32-14-6-3-7-15-32)38-17-9-8-16-37(38)41(44(39)45)31-12-4-2-5-13-31/h2-9,11-23,25-28H,10,24H2,1H3. The Bertz CT molecular complexity index is 2290. The zero-order chi connectivity index (χ0) is 29.9. The first-order chi connectivity index (χ1) is 22.3. The summed E-state index contributed by atoms with van der Waals surface area (Å²) in [5.41, 5.74) is 19.9. The molecular formula is C45H32. The molecule has 9 rings (SSSR count). The molecule has 0 heterocycles. The second-order valence-corrected chi connectivity index (χ2v) is 12.4. The van der Waals surface area contributed by atoms with Crippen LogP contribution in [0.15, 0.2) is 151 Å². The fraction of sp³-hybridized carbons (Fsp3) is 0.0667. The Morgan fingerprint density at radius 3 is 1.82 bits per heavy atom. The highest BCUT2D eigenvalue weighted by molar-refractivity contribution is 6.22. The van der Waals surface area contributed by atoms with E-state index in [0.29, 0.717) is 0 Å². The average Bonchev–Trinajstić information content (AvgIpc) is 3.20. The first-order valence-electron chi connectivity index (χ1n) is 16.0. The van der Waals surface area contributed by atoms with Gasteiger partial charge in [-0.25, -0.2) is 0 Å². The highest BCUT2D eigenvalue weighted by Crippen LogP contribution is 2.58. The van der Waals surface area contributed by atoms with Gasteiger partial charge in [0.05, 0.1) is 0 Å². The smallest absolute Gasteiger partial charge is 0.000753 e. The molecule has 0 saturated heterocycles. The molecular weight excluding hydrogens is 540 g/mol. The van der Waals surface area contributed by atoms with Gasteiger partial charge in [-0.05, 0) is 115 Å². The highest BCUT2D eigenvalue weighted by atomic mass is 14.4. The van der Waals surface area contributed by atoms with Crippen LogP contribution in [0.2, 0.25) is 0 Å². The minimum Gasteiger partial charge on any atom is -0.0772 e. The Hall–Kier alpha value is -5.46. The van der Waals surface area contributed by atoms with Crippen molar-refractivity contribution in [2.24, 2.45) is 0 Å². The average molecular weight is 573 g/mol. The van der Waals surface area contributed by atoms with Crippen LogP contribution in [0.25, 0.3) is 61.4 Å². The van der Waals surface area contributed by atoms with E-state index in [2.05, 4.69) is 159 Å². The Kier molecular flexibility index (Phi) is 5.96. The van der Waals surface area contributed by atoms with E-state index in [1.165, 1.54) is 94.3 Å². The first-order valence-corrected chi connectivity index (χ1v) is 16.0. The predicted molar refractivity (Wildman–Crippen MR) is 192 cm³/mol. The van der Waals surface area contributed by atoms with Gasteiger partial charge in [0.15, 0.2) is 0 Å². The summed E-state index contributed by atoms with van der Waals surface area (Å²) in [4.78, 5) is 0. The molecule has 0 unspecified atom stereocenters. The number of fused-ring (bicyclic) bond motifs is 5. The molecule has 0 N–H and O–H groups in total. The number of hydrogen-bond donors (Lipinski definition) is 0. The largest absolute Gasteiger partial charge is 0.0772 e.